The summed E-state index contributed by atoms with van der Waals surface area (Å²) in [4.78, 5) is 13.9. The summed E-state index contributed by atoms with van der Waals surface area (Å²) in [5.41, 5.74) is 7.11. The Hall–Kier alpha value is -3.61. The molecule has 3 N–H and O–H groups in total. The van der Waals surface area contributed by atoms with Crippen LogP contribution < -0.4 is 11.1 Å². The Morgan fingerprint density at radius 1 is 1.14 bits per heavy atom. The molecule has 0 aliphatic carbocycles. The zero-order valence-electron chi connectivity index (χ0n) is 20.3. The molecule has 12 heteroatoms. The number of nitrogens with zero attached hydrogens (tertiary/aromatic N) is 5. The molecular formula is C24H29N7O4S. The number of aromatic nitrogens is 5. The minimum Gasteiger partial charge on any atom is -0.374 e. The van der Waals surface area contributed by atoms with Crippen molar-refractivity contribution in [3.05, 3.63) is 77.7 Å². The van der Waals surface area contributed by atoms with E-state index in [1.54, 1.807) is 32.2 Å². The average molecular weight is 512 g/mol. The number of carbonyl (C=O) groups excluding carboxylic acids is 1. The second-order valence-electron chi connectivity index (χ2n) is 9.16. The van der Waals surface area contributed by atoms with Gasteiger partial charge >= 0.3 is 0 Å². The molecule has 2 aromatic carbocycles. The summed E-state index contributed by atoms with van der Waals surface area (Å²) in [5, 5.41) is 16.3. The number of benzene rings is 2. The van der Waals surface area contributed by atoms with Gasteiger partial charge in [-0.3, -0.25) is 4.79 Å². The van der Waals surface area contributed by atoms with Gasteiger partial charge in [-0.25, -0.2) is 12.4 Å². The molecule has 0 spiro atoms. The van der Waals surface area contributed by atoms with E-state index < -0.39 is 21.6 Å². The van der Waals surface area contributed by atoms with Gasteiger partial charge in [0.2, 0.25) is 15.9 Å². The first-order chi connectivity index (χ1) is 17.0. The van der Waals surface area contributed by atoms with E-state index in [1.807, 2.05) is 42.5 Å². The van der Waals surface area contributed by atoms with E-state index in [0.717, 1.165) is 17.2 Å². The van der Waals surface area contributed by atoms with Gasteiger partial charge < -0.3 is 15.8 Å². The van der Waals surface area contributed by atoms with Crippen molar-refractivity contribution < 1.29 is 17.9 Å². The highest BCUT2D eigenvalue weighted by Crippen LogP contribution is 2.23. The Morgan fingerprint density at radius 2 is 1.83 bits per heavy atom. The van der Waals surface area contributed by atoms with Crippen molar-refractivity contribution in [1.29, 1.82) is 0 Å². The van der Waals surface area contributed by atoms with Crippen LogP contribution in [0.4, 0.5) is 0 Å². The largest absolute Gasteiger partial charge is 0.374 e. The summed E-state index contributed by atoms with van der Waals surface area (Å²) in [6, 6.07) is 16.2. The van der Waals surface area contributed by atoms with Gasteiger partial charge in [-0.2, -0.15) is 4.80 Å². The first-order valence-electron chi connectivity index (χ1n) is 11.3. The van der Waals surface area contributed by atoms with Crippen LogP contribution in [0.2, 0.25) is 0 Å². The highest BCUT2D eigenvalue weighted by atomic mass is 32.2. The van der Waals surface area contributed by atoms with Crippen LogP contribution in [0.1, 0.15) is 36.8 Å². The highest BCUT2D eigenvalue weighted by molar-refractivity contribution is 7.89. The molecule has 0 fully saturated rings. The van der Waals surface area contributed by atoms with Crippen LogP contribution in [0.25, 0.3) is 10.9 Å². The zero-order valence-corrected chi connectivity index (χ0v) is 21.1. The number of fused-ring (bicyclic) bond motifs is 1. The van der Waals surface area contributed by atoms with Crippen molar-refractivity contribution in [2.24, 2.45) is 5.73 Å². The lowest BCUT2D eigenvalue weighted by Crippen LogP contribution is -2.50. The monoisotopic (exact) mass is 511 g/mol. The molecule has 4 rings (SSSR count). The Morgan fingerprint density at radius 3 is 2.53 bits per heavy atom. The number of nitrogens with one attached hydrogen (secondary N) is 1. The first-order valence-corrected chi connectivity index (χ1v) is 13.2. The topological polar surface area (TPSA) is 147 Å². The molecule has 0 radical (unpaired) electrons. The van der Waals surface area contributed by atoms with Gasteiger partial charge in [0.1, 0.15) is 6.04 Å². The number of rotatable bonds is 10. The highest BCUT2D eigenvalue weighted by Gasteiger charge is 2.28. The van der Waals surface area contributed by atoms with Crippen LogP contribution in [0.5, 0.6) is 0 Å². The fourth-order valence-corrected chi connectivity index (χ4v) is 4.46. The maximum Gasteiger partial charge on any atom is 0.240 e. The lowest BCUT2D eigenvalue weighted by atomic mass is 10.1. The average Bonchev–Trinajstić information content (AvgIpc) is 3.44. The van der Waals surface area contributed by atoms with Gasteiger partial charge in [0.15, 0.2) is 5.82 Å². The van der Waals surface area contributed by atoms with Gasteiger partial charge in [-0.15, -0.1) is 10.2 Å². The Bertz CT molecular complexity index is 1460. The Labute approximate surface area is 209 Å². The van der Waals surface area contributed by atoms with Crippen LogP contribution in [0.15, 0.2) is 60.8 Å². The van der Waals surface area contributed by atoms with Gasteiger partial charge in [-0.05, 0) is 30.7 Å². The predicted molar refractivity (Wildman–Crippen MR) is 134 cm³/mol. The van der Waals surface area contributed by atoms with Crippen LogP contribution in [0.3, 0.4) is 0 Å². The molecule has 0 saturated heterocycles. The fraction of sp³-hybridized carbons (Fsp3) is 0.333. The number of carbonyl (C=O) groups is 1. The van der Waals surface area contributed by atoms with Crippen molar-refractivity contribution in [2.75, 3.05) is 12.9 Å². The summed E-state index contributed by atoms with van der Waals surface area (Å²) in [6.45, 7) is 3.84. The molecular weight excluding hydrogens is 482 g/mol. The van der Waals surface area contributed by atoms with Crippen molar-refractivity contribution in [3.63, 3.8) is 0 Å². The normalized spacial score (nSPS) is 13.1. The molecule has 1 atom stereocenters. The molecule has 0 saturated carbocycles. The molecule has 4 aromatic rings. The summed E-state index contributed by atoms with van der Waals surface area (Å²) >= 11 is 0. The molecule has 0 aliphatic rings. The van der Waals surface area contributed by atoms with E-state index in [2.05, 4.69) is 20.7 Å². The lowest BCUT2D eigenvalue weighted by Gasteiger charge is -2.22. The third kappa shape index (κ3) is 5.96. The van der Waals surface area contributed by atoms with Gasteiger partial charge in [0.25, 0.3) is 0 Å². The number of nitrogens with two attached hydrogens (primary N) is 1. The van der Waals surface area contributed by atoms with Crippen molar-refractivity contribution >= 4 is 26.8 Å². The molecule has 36 heavy (non-hydrogen) atoms. The van der Waals surface area contributed by atoms with Crippen LogP contribution >= 0.6 is 0 Å². The Balaban J connectivity index is 1.56. The number of tetrazole rings is 1. The minimum atomic E-state index is -3.49. The first kappa shape index (κ1) is 25.5. The molecule has 190 valence electrons. The molecule has 2 heterocycles. The summed E-state index contributed by atoms with van der Waals surface area (Å²) in [6.07, 6.45) is 2.71. The summed E-state index contributed by atoms with van der Waals surface area (Å²) in [5.74, 6) is -0.129. The van der Waals surface area contributed by atoms with Crippen molar-refractivity contribution in [3.8, 4) is 0 Å². The predicted octanol–water partition coefficient (Wildman–Crippen LogP) is 1.60. The van der Waals surface area contributed by atoms with Crippen molar-refractivity contribution in [2.45, 2.75) is 38.6 Å². The number of ether oxygens (including phenoxy) is 1. The minimum absolute atomic E-state index is 0.107. The second-order valence-corrected chi connectivity index (χ2v) is 11.0. The van der Waals surface area contributed by atoms with E-state index in [-0.39, 0.29) is 24.9 Å². The van der Waals surface area contributed by atoms with Crippen molar-refractivity contribution in [1.82, 2.24) is 29.5 Å². The molecule has 2 aromatic heterocycles. The molecule has 1 unspecified atom stereocenters. The maximum absolute atomic E-state index is 12.6. The molecule has 11 nitrogen and oxygen atoms in total. The van der Waals surface area contributed by atoms with Crippen LogP contribution in [0, 0.1) is 0 Å². The van der Waals surface area contributed by atoms with Crippen LogP contribution in [-0.2, 0) is 32.7 Å². The number of hydrogen-bond donors (Lipinski definition) is 2. The number of hydrogen-bond acceptors (Lipinski definition) is 8. The molecule has 0 aliphatic heterocycles. The summed E-state index contributed by atoms with van der Waals surface area (Å²) < 4.78 is 31.6. The maximum atomic E-state index is 12.6. The van der Waals surface area contributed by atoms with Gasteiger partial charge in [-0.1, -0.05) is 48.5 Å². The second kappa shape index (κ2) is 10.2. The smallest absolute Gasteiger partial charge is 0.240 e. The standard InChI is InChI=1S/C24H29N7O4S/c1-24(2,25)23(32)26-20(16-35-15-17-9-5-4-6-10-17)22-27-29-31(28-22)14-18-13-30(36(3,33)34)21-12-8-7-11-19(18)21/h4-13,20H,14-16,25H2,1-3H3,(H,26,32). The number of para-hydroxylation sites is 1. The van der Waals surface area contributed by atoms with E-state index in [1.165, 1.54) is 8.77 Å². The van der Waals surface area contributed by atoms with E-state index in [0.29, 0.717) is 17.7 Å². The van der Waals surface area contributed by atoms with Crippen LogP contribution in [-0.4, -0.2) is 56.9 Å². The van der Waals surface area contributed by atoms with Gasteiger partial charge in [0.05, 0.1) is 37.1 Å². The molecule has 1 amide bonds. The van der Waals surface area contributed by atoms with Gasteiger partial charge in [0, 0.05) is 17.1 Å². The zero-order chi connectivity index (χ0) is 25.9. The van der Waals surface area contributed by atoms with E-state index >= 15 is 0 Å². The lowest BCUT2D eigenvalue weighted by molar-refractivity contribution is -0.126. The third-order valence-electron chi connectivity index (χ3n) is 5.50. The number of amides is 1. The summed E-state index contributed by atoms with van der Waals surface area (Å²) in [7, 11) is -3.49. The Kier molecular flexibility index (Phi) is 7.20. The van der Waals surface area contributed by atoms with E-state index in [9.17, 15) is 13.2 Å². The molecule has 0 bridgehead atoms. The fourth-order valence-electron chi connectivity index (χ4n) is 3.63. The van der Waals surface area contributed by atoms with E-state index in [4.69, 9.17) is 10.5 Å². The third-order valence-corrected chi connectivity index (χ3v) is 6.51. The quantitative estimate of drug-likeness (QED) is 0.326. The SMILES string of the molecule is CC(C)(N)C(=O)NC(COCc1ccccc1)c1nnn(Cc2cn(S(C)(=O)=O)c3ccccc23)n1.